The number of likely N-dealkylation sites (N-methyl/N-ethyl adjacent to an activating group) is 1. The van der Waals surface area contributed by atoms with Crippen molar-refractivity contribution in [2.24, 2.45) is 0 Å². The van der Waals surface area contributed by atoms with E-state index < -0.39 is 15.9 Å². The first kappa shape index (κ1) is 16.6. The maximum absolute atomic E-state index is 9.83. The van der Waals surface area contributed by atoms with E-state index in [9.17, 15) is 13.0 Å². The van der Waals surface area contributed by atoms with Gasteiger partial charge in [0.15, 0.2) is 0 Å². The minimum Gasteiger partial charge on any atom is -0.748 e. The van der Waals surface area contributed by atoms with Crippen LogP contribution in [0.3, 0.4) is 0 Å². The van der Waals surface area contributed by atoms with Gasteiger partial charge in [0.1, 0.15) is 13.1 Å². The summed E-state index contributed by atoms with van der Waals surface area (Å²) in [6.45, 7) is 12.5. The molecule has 1 aliphatic rings. The first-order chi connectivity index (χ1) is 7.68. The van der Waals surface area contributed by atoms with E-state index in [1.54, 1.807) is 0 Å². The summed E-state index contributed by atoms with van der Waals surface area (Å²) >= 11 is 0. The average Bonchev–Trinajstić information content (AvgIpc) is 2.16. The van der Waals surface area contributed by atoms with E-state index in [0.29, 0.717) is 5.57 Å². The molecule has 0 radical (unpaired) electrons. The summed E-state index contributed by atoms with van der Waals surface area (Å²) < 4.78 is 35.9. The molecule has 0 saturated carbocycles. The van der Waals surface area contributed by atoms with Crippen molar-refractivity contribution in [2.45, 2.75) is 13.8 Å². The highest BCUT2D eigenvalue weighted by molar-refractivity contribution is 7.85. The van der Waals surface area contributed by atoms with Crippen molar-refractivity contribution < 1.29 is 22.2 Å². The summed E-state index contributed by atoms with van der Waals surface area (Å²) in [6.07, 6.45) is 0. The smallest absolute Gasteiger partial charge is 0.102 e. The fourth-order valence-electron chi connectivity index (χ4n) is 1.40. The Morgan fingerprint density at radius 2 is 1.88 bits per heavy atom. The Kier molecular flexibility index (Phi) is 6.92. The molecule has 5 nitrogen and oxygen atoms in total. The Morgan fingerprint density at radius 3 is 2.06 bits per heavy atom. The lowest BCUT2D eigenvalue weighted by Gasteiger charge is -2.36. The van der Waals surface area contributed by atoms with Crippen LogP contribution in [0.15, 0.2) is 12.2 Å². The largest absolute Gasteiger partial charge is 0.748 e. The highest BCUT2D eigenvalue weighted by Gasteiger charge is 2.21. The second-order valence-electron chi connectivity index (χ2n) is 4.65. The third-order valence-corrected chi connectivity index (χ3v) is 3.58. The molecule has 17 heavy (non-hydrogen) atoms. The monoisotopic (exact) mass is 265 g/mol. The van der Waals surface area contributed by atoms with Crippen LogP contribution < -0.4 is 0 Å². The number of nitrogens with zero attached hydrogens (tertiary/aromatic N) is 1. The molecule has 0 aromatic rings. The zero-order chi connectivity index (χ0) is 13.5. The Morgan fingerprint density at radius 1 is 1.41 bits per heavy atom. The summed E-state index contributed by atoms with van der Waals surface area (Å²) in [5.74, 6) is -0.451. The summed E-state index contributed by atoms with van der Waals surface area (Å²) in [7, 11) is -1.78. The molecule has 0 bridgehead atoms. The summed E-state index contributed by atoms with van der Waals surface area (Å²) in [6, 6.07) is 0. The Balaban J connectivity index is 0.000000304. The number of morpholine rings is 1. The molecule has 6 heteroatoms. The molecule has 0 amide bonds. The van der Waals surface area contributed by atoms with Gasteiger partial charge >= 0.3 is 0 Å². The van der Waals surface area contributed by atoms with Crippen molar-refractivity contribution in [3.05, 3.63) is 12.2 Å². The lowest BCUT2D eigenvalue weighted by molar-refractivity contribution is -0.915. The van der Waals surface area contributed by atoms with E-state index in [0.717, 1.165) is 13.2 Å². The number of quaternary nitrogens is 1. The molecule has 0 aromatic heterocycles. The molecular formula is C11H23NO4S. The molecular weight excluding hydrogens is 242 g/mol. The lowest BCUT2D eigenvalue weighted by Crippen LogP contribution is -2.51. The first-order valence-electron chi connectivity index (χ1n) is 5.68. The standard InChI is InChI=1S/C7H16NO.C4H8O3S/c1-3-8(2)4-6-9-7-5-8;1-4(2)3-8(5,6)7/h3-7H2,1-2H3;1,3H2,2H3,(H,5,6,7)/q+1;/p-1. The quantitative estimate of drug-likeness (QED) is 0.425. The minimum atomic E-state index is -4.07. The van der Waals surface area contributed by atoms with Crippen molar-refractivity contribution in [2.75, 3.05) is 45.6 Å². The molecule has 0 unspecified atom stereocenters. The second kappa shape index (κ2) is 7.10. The van der Waals surface area contributed by atoms with Crippen LogP contribution in [0.25, 0.3) is 0 Å². The van der Waals surface area contributed by atoms with Gasteiger partial charge in [-0.05, 0) is 13.8 Å². The Bertz CT molecular complexity index is 331. The van der Waals surface area contributed by atoms with Crippen molar-refractivity contribution in [1.29, 1.82) is 0 Å². The third-order valence-electron chi connectivity index (χ3n) is 2.74. The zero-order valence-corrected chi connectivity index (χ0v) is 11.8. The zero-order valence-electron chi connectivity index (χ0n) is 10.9. The summed E-state index contributed by atoms with van der Waals surface area (Å²) in [5.41, 5.74) is 0.375. The Labute approximate surface area is 104 Å². The van der Waals surface area contributed by atoms with Crippen molar-refractivity contribution in [3.8, 4) is 0 Å². The van der Waals surface area contributed by atoms with Gasteiger partial charge in [0.25, 0.3) is 0 Å². The van der Waals surface area contributed by atoms with Crippen LogP contribution >= 0.6 is 0 Å². The molecule has 1 rings (SSSR count). The lowest BCUT2D eigenvalue weighted by atomic mass is 10.3. The van der Waals surface area contributed by atoms with E-state index in [1.165, 1.54) is 31.0 Å². The van der Waals surface area contributed by atoms with Crippen molar-refractivity contribution in [3.63, 3.8) is 0 Å². The van der Waals surface area contributed by atoms with E-state index in [2.05, 4.69) is 20.6 Å². The van der Waals surface area contributed by atoms with Gasteiger partial charge in [0, 0.05) is 0 Å². The number of hydrogen-bond acceptors (Lipinski definition) is 4. The van der Waals surface area contributed by atoms with Gasteiger partial charge in [-0.25, -0.2) is 8.42 Å². The maximum atomic E-state index is 9.83. The van der Waals surface area contributed by atoms with Crippen LogP contribution in [0.2, 0.25) is 0 Å². The molecule has 0 aliphatic carbocycles. The van der Waals surface area contributed by atoms with E-state index >= 15 is 0 Å². The third kappa shape index (κ3) is 9.29. The molecule has 0 aromatic carbocycles. The molecule has 0 atom stereocenters. The van der Waals surface area contributed by atoms with Gasteiger partial charge in [0.05, 0.1) is 42.7 Å². The van der Waals surface area contributed by atoms with Gasteiger partial charge in [-0.1, -0.05) is 12.2 Å². The van der Waals surface area contributed by atoms with Gasteiger partial charge in [-0.3, -0.25) is 0 Å². The van der Waals surface area contributed by atoms with Crippen LogP contribution in [-0.4, -0.2) is 63.1 Å². The number of hydrogen-bond donors (Lipinski definition) is 0. The molecule has 1 fully saturated rings. The highest BCUT2D eigenvalue weighted by atomic mass is 32.2. The van der Waals surface area contributed by atoms with Crippen LogP contribution in [0.5, 0.6) is 0 Å². The molecule has 0 spiro atoms. The average molecular weight is 265 g/mol. The van der Waals surface area contributed by atoms with E-state index in [1.807, 2.05) is 0 Å². The first-order valence-corrected chi connectivity index (χ1v) is 7.25. The maximum Gasteiger partial charge on any atom is 0.102 e. The van der Waals surface area contributed by atoms with Gasteiger partial charge in [-0.15, -0.1) is 0 Å². The van der Waals surface area contributed by atoms with Crippen LogP contribution in [0, 0.1) is 0 Å². The fourth-order valence-corrected chi connectivity index (χ4v) is 2.01. The van der Waals surface area contributed by atoms with Crippen LogP contribution in [-0.2, 0) is 14.9 Å². The summed E-state index contributed by atoms with van der Waals surface area (Å²) in [4.78, 5) is 0. The predicted molar refractivity (Wildman–Crippen MR) is 66.7 cm³/mol. The van der Waals surface area contributed by atoms with Crippen molar-refractivity contribution >= 4 is 10.1 Å². The van der Waals surface area contributed by atoms with Gasteiger partial charge < -0.3 is 13.8 Å². The van der Waals surface area contributed by atoms with Crippen LogP contribution in [0.4, 0.5) is 0 Å². The minimum absolute atomic E-state index is 0.375. The number of ether oxygens (including phenoxy) is 1. The van der Waals surface area contributed by atoms with Crippen molar-refractivity contribution in [1.82, 2.24) is 0 Å². The molecule has 102 valence electrons. The van der Waals surface area contributed by atoms with Crippen LogP contribution in [0.1, 0.15) is 13.8 Å². The SMILES string of the molecule is C=C(C)CS(=O)(=O)[O-].CC[N+]1(C)CCOCC1. The normalized spacial score (nSPS) is 19.1. The molecule has 1 heterocycles. The summed E-state index contributed by atoms with van der Waals surface area (Å²) in [5, 5.41) is 0. The topological polar surface area (TPSA) is 66.4 Å². The van der Waals surface area contributed by atoms with Gasteiger partial charge in [-0.2, -0.15) is 0 Å². The fraction of sp³-hybridized carbons (Fsp3) is 0.818. The molecule has 1 saturated heterocycles. The van der Waals surface area contributed by atoms with E-state index in [4.69, 9.17) is 4.74 Å². The van der Waals surface area contributed by atoms with Gasteiger partial charge in [0.2, 0.25) is 0 Å². The molecule has 1 aliphatic heterocycles. The highest BCUT2D eigenvalue weighted by Crippen LogP contribution is 2.05. The second-order valence-corrected chi connectivity index (χ2v) is 6.06. The van der Waals surface area contributed by atoms with E-state index in [-0.39, 0.29) is 0 Å². The number of rotatable bonds is 3. The molecule has 0 N–H and O–H groups in total. The predicted octanol–water partition coefficient (Wildman–Crippen LogP) is 0.591. The Hall–Kier alpha value is -0.430.